The fraction of sp³-hybridized carbons (Fsp3) is 0.625. The van der Waals surface area contributed by atoms with Crippen LogP contribution in [0.1, 0.15) is 36.5 Å². The van der Waals surface area contributed by atoms with Gasteiger partial charge in [0.2, 0.25) is 0 Å². The molecule has 1 N–H and O–H groups in total. The van der Waals surface area contributed by atoms with E-state index in [-0.39, 0.29) is 0 Å². The normalized spacial score (nSPS) is 20.5. The molecule has 0 aromatic heterocycles. The van der Waals surface area contributed by atoms with Gasteiger partial charge in [-0.1, -0.05) is 25.1 Å². The van der Waals surface area contributed by atoms with E-state index in [1.54, 1.807) is 0 Å². The molecule has 0 radical (unpaired) electrons. The Kier molecular flexibility index (Phi) is 4.79. The van der Waals surface area contributed by atoms with E-state index in [2.05, 4.69) is 49.2 Å². The molecule has 1 heterocycles. The average Bonchev–Trinajstić information content (AvgIpc) is 2.80. The van der Waals surface area contributed by atoms with E-state index in [1.165, 1.54) is 42.6 Å². The molecule has 0 aliphatic carbocycles. The fourth-order valence-electron chi connectivity index (χ4n) is 3.03. The monoisotopic (exact) mass is 246 g/mol. The number of likely N-dealkylation sites (N-methyl/N-ethyl adjacent to an activating group) is 1. The number of benzene rings is 1. The highest BCUT2D eigenvalue weighted by molar-refractivity contribution is 5.33. The highest BCUT2D eigenvalue weighted by atomic mass is 15.2. The van der Waals surface area contributed by atoms with Crippen LogP contribution in [-0.2, 0) is 6.54 Å². The third kappa shape index (κ3) is 3.12. The minimum absolute atomic E-state index is 0.749. The summed E-state index contributed by atoms with van der Waals surface area (Å²) >= 11 is 0. The Morgan fingerprint density at radius 3 is 2.67 bits per heavy atom. The predicted molar refractivity (Wildman–Crippen MR) is 77.9 cm³/mol. The Labute approximate surface area is 111 Å². The molecule has 1 unspecified atom stereocenters. The first-order valence-corrected chi connectivity index (χ1v) is 7.22. The first-order valence-electron chi connectivity index (χ1n) is 7.22. The summed E-state index contributed by atoms with van der Waals surface area (Å²) < 4.78 is 0. The van der Waals surface area contributed by atoms with Crippen LogP contribution in [0.5, 0.6) is 0 Å². The molecule has 1 saturated heterocycles. The Morgan fingerprint density at radius 1 is 1.28 bits per heavy atom. The van der Waals surface area contributed by atoms with Gasteiger partial charge in [0.1, 0.15) is 0 Å². The maximum atomic E-state index is 3.65. The van der Waals surface area contributed by atoms with E-state index < -0.39 is 0 Å². The van der Waals surface area contributed by atoms with E-state index in [9.17, 15) is 0 Å². The molecule has 1 aromatic rings. The molecule has 100 valence electrons. The van der Waals surface area contributed by atoms with Gasteiger partial charge in [-0.15, -0.1) is 0 Å². The summed E-state index contributed by atoms with van der Waals surface area (Å²) in [5.74, 6) is 0. The number of rotatable bonds is 5. The van der Waals surface area contributed by atoms with Gasteiger partial charge in [-0.3, -0.25) is 4.90 Å². The molecule has 2 heteroatoms. The first-order chi connectivity index (χ1) is 8.72. The molecule has 2 rings (SSSR count). The van der Waals surface area contributed by atoms with Crippen LogP contribution in [-0.4, -0.2) is 30.6 Å². The summed E-state index contributed by atoms with van der Waals surface area (Å²) in [4.78, 5) is 2.59. The summed E-state index contributed by atoms with van der Waals surface area (Å²) in [6.45, 7) is 11.3. The third-order valence-corrected chi connectivity index (χ3v) is 4.23. The van der Waals surface area contributed by atoms with Gasteiger partial charge >= 0.3 is 0 Å². The lowest BCUT2D eigenvalue weighted by Crippen LogP contribution is -2.37. The Balaban J connectivity index is 1.85. The molecule has 2 nitrogen and oxygen atoms in total. The number of likely N-dealkylation sites (tertiary alicyclic amines) is 1. The minimum Gasteiger partial charge on any atom is -0.311 e. The number of nitrogens with zero attached hydrogens (tertiary/aromatic N) is 1. The highest BCUT2D eigenvalue weighted by Gasteiger charge is 2.22. The van der Waals surface area contributed by atoms with E-state index in [1.807, 2.05) is 0 Å². The second-order valence-electron chi connectivity index (χ2n) is 5.43. The van der Waals surface area contributed by atoms with Crippen molar-refractivity contribution < 1.29 is 0 Å². The van der Waals surface area contributed by atoms with Crippen LogP contribution < -0.4 is 5.32 Å². The van der Waals surface area contributed by atoms with Gasteiger partial charge in [0.25, 0.3) is 0 Å². The summed E-state index contributed by atoms with van der Waals surface area (Å²) in [5, 5.41) is 3.65. The van der Waals surface area contributed by atoms with Crippen molar-refractivity contribution in [2.24, 2.45) is 0 Å². The molecule has 1 aromatic carbocycles. The van der Waals surface area contributed by atoms with Crippen LogP contribution in [0.25, 0.3) is 0 Å². The largest absolute Gasteiger partial charge is 0.311 e. The van der Waals surface area contributed by atoms with Crippen molar-refractivity contribution in [2.75, 3.05) is 19.6 Å². The molecule has 1 atom stereocenters. The van der Waals surface area contributed by atoms with Crippen LogP contribution >= 0.6 is 0 Å². The smallest absolute Gasteiger partial charge is 0.0221 e. The Hall–Kier alpha value is -0.860. The Bertz CT molecular complexity index is 366. The van der Waals surface area contributed by atoms with Crippen molar-refractivity contribution in [1.29, 1.82) is 0 Å². The summed E-state index contributed by atoms with van der Waals surface area (Å²) in [5.41, 5.74) is 4.28. The van der Waals surface area contributed by atoms with Gasteiger partial charge < -0.3 is 5.32 Å². The molecular formula is C16H26N2. The molecule has 0 amide bonds. The molecular weight excluding hydrogens is 220 g/mol. The third-order valence-electron chi connectivity index (χ3n) is 4.23. The summed E-state index contributed by atoms with van der Waals surface area (Å²) in [7, 11) is 0. The first kappa shape index (κ1) is 13.6. The van der Waals surface area contributed by atoms with Crippen LogP contribution in [0.2, 0.25) is 0 Å². The van der Waals surface area contributed by atoms with Crippen molar-refractivity contribution >= 4 is 0 Å². The average molecular weight is 246 g/mol. The van der Waals surface area contributed by atoms with Crippen LogP contribution in [0, 0.1) is 13.8 Å². The minimum atomic E-state index is 0.749. The lowest BCUT2D eigenvalue weighted by atomic mass is 10.0. The van der Waals surface area contributed by atoms with Gasteiger partial charge in [-0.05, 0) is 56.5 Å². The van der Waals surface area contributed by atoms with Gasteiger partial charge in [-0.25, -0.2) is 0 Å². The van der Waals surface area contributed by atoms with Crippen molar-refractivity contribution in [3.05, 3.63) is 34.9 Å². The standard InChI is InChI=1S/C16H26N2/c1-4-18-10-6-9-15(18)11-17-12-16-13(2)7-5-8-14(16)3/h5,7-8,15,17H,4,6,9-12H2,1-3H3. The lowest BCUT2D eigenvalue weighted by molar-refractivity contribution is 0.260. The van der Waals surface area contributed by atoms with Crippen molar-refractivity contribution in [1.82, 2.24) is 10.2 Å². The maximum Gasteiger partial charge on any atom is 0.0221 e. The number of nitrogens with one attached hydrogen (secondary N) is 1. The zero-order valence-corrected chi connectivity index (χ0v) is 12.0. The molecule has 0 spiro atoms. The van der Waals surface area contributed by atoms with Gasteiger partial charge in [0.15, 0.2) is 0 Å². The molecule has 1 fully saturated rings. The predicted octanol–water partition coefficient (Wildman–Crippen LogP) is 2.88. The number of aryl methyl sites for hydroxylation is 2. The quantitative estimate of drug-likeness (QED) is 0.859. The van der Waals surface area contributed by atoms with Crippen LogP contribution in [0.3, 0.4) is 0 Å². The Morgan fingerprint density at radius 2 is 2.00 bits per heavy atom. The van der Waals surface area contributed by atoms with Crippen molar-refractivity contribution in [3.8, 4) is 0 Å². The van der Waals surface area contributed by atoms with Crippen molar-refractivity contribution in [2.45, 2.75) is 46.2 Å². The van der Waals surface area contributed by atoms with E-state index >= 15 is 0 Å². The highest BCUT2D eigenvalue weighted by Crippen LogP contribution is 2.16. The summed E-state index contributed by atoms with van der Waals surface area (Å²) in [6, 6.07) is 7.30. The van der Waals surface area contributed by atoms with Gasteiger partial charge in [0.05, 0.1) is 0 Å². The lowest BCUT2D eigenvalue weighted by Gasteiger charge is -2.23. The van der Waals surface area contributed by atoms with E-state index in [0.717, 1.165) is 19.1 Å². The van der Waals surface area contributed by atoms with Crippen LogP contribution in [0.15, 0.2) is 18.2 Å². The number of hydrogen-bond acceptors (Lipinski definition) is 2. The van der Waals surface area contributed by atoms with Gasteiger partial charge in [-0.2, -0.15) is 0 Å². The summed E-state index contributed by atoms with van der Waals surface area (Å²) in [6.07, 6.45) is 2.72. The molecule has 1 aliphatic heterocycles. The molecule has 18 heavy (non-hydrogen) atoms. The van der Waals surface area contributed by atoms with E-state index in [0.29, 0.717) is 0 Å². The fourth-order valence-corrected chi connectivity index (χ4v) is 3.03. The van der Waals surface area contributed by atoms with Crippen LogP contribution in [0.4, 0.5) is 0 Å². The van der Waals surface area contributed by atoms with Gasteiger partial charge in [0, 0.05) is 19.1 Å². The van der Waals surface area contributed by atoms with E-state index in [4.69, 9.17) is 0 Å². The maximum absolute atomic E-state index is 3.65. The topological polar surface area (TPSA) is 15.3 Å². The molecule has 1 aliphatic rings. The molecule has 0 bridgehead atoms. The number of hydrogen-bond donors (Lipinski definition) is 1. The van der Waals surface area contributed by atoms with Crippen molar-refractivity contribution in [3.63, 3.8) is 0 Å². The SMILES string of the molecule is CCN1CCCC1CNCc1c(C)cccc1C. The zero-order valence-electron chi connectivity index (χ0n) is 12.0. The second kappa shape index (κ2) is 6.35. The molecule has 0 saturated carbocycles. The zero-order chi connectivity index (χ0) is 13.0. The second-order valence-corrected chi connectivity index (χ2v) is 5.43.